The van der Waals surface area contributed by atoms with E-state index in [0.717, 1.165) is 0 Å². The van der Waals surface area contributed by atoms with Crippen LogP contribution in [0.15, 0.2) is 18.5 Å². The van der Waals surface area contributed by atoms with Gasteiger partial charge in [0.1, 0.15) is 7.11 Å². The second-order valence-corrected chi connectivity index (χ2v) is 2.08. The summed E-state index contributed by atoms with van der Waals surface area (Å²) < 4.78 is 1.28. The Balaban J connectivity index is 3.12. The van der Waals surface area contributed by atoms with Crippen LogP contribution in [0.4, 0.5) is 11.4 Å². The molecule has 0 aliphatic carbocycles. The van der Waals surface area contributed by atoms with Crippen molar-refractivity contribution in [3.8, 4) is 0 Å². The molecule has 6 heteroatoms. The predicted molar refractivity (Wildman–Crippen MR) is 40.2 cm³/mol. The molecule has 1 rings (SSSR count). The number of nitro groups is 1. The fourth-order valence-electron chi connectivity index (χ4n) is 0.766. The smallest absolute Gasteiger partial charge is 0.304 e. The Morgan fingerprint density at radius 2 is 2.42 bits per heavy atom. The van der Waals surface area contributed by atoms with Gasteiger partial charge in [0.2, 0.25) is 6.20 Å². The Hall–Kier alpha value is -1.85. The summed E-state index contributed by atoms with van der Waals surface area (Å²) in [5.41, 5.74) is 5.31. The first kappa shape index (κ1) is 8.25. The van der Waals surface area contributed by atoms with Crippen LogP contribution in [0.5, 0.6) is 0 Å². The van der Waals surface area contributed by atoms with Crippen LogP contribution in [0.1, 0.15) is 0 Å². The molecule has 0 unspecified atom stereocenters. The molecule has 2 N–H and O–H groups in total. The van der Waals surface area contributed by atoms with Gasteiger partial charge in [-0.3, -0.25) is 15.0 Å². The minimum atomic E-state index is -0.546. The van der Waals surface area contributed by atoms with Crippen LogP contribution in [0.2, 0.25) is 0 Å². The van der Waals surface area contributed by atoms with Gasteiger partial charge in [0.05, 0.1) is 11.0 Å². The number of pyridine rings is 1. The first-order chi connectivity index (χ1) is 5.65. The SMILES string of the molecule is CO[n+]1ccc([N+](=O)[O-])c(N)c1. The maximum Gasteiger partial charge on any atom is 0.304 e. The van der Waals surface area contributed by atoms with Crippen LogP contribution >= 0.6 is 0 Å². The summed E-state index contributed by atoms with van der Waals surface area (Å²) in [4.78, 5) is 14.5. The van der Waals surface area contributed by atoms with Gasteiger partial charge in [0.15, 0.2) is 5.69 Å². The molecule has 0 fully saturated rings. The quantitative estimate of drug-likeness (QED) is 0.369. The summed E-state index contributed by atoms with van der Waals surface area (Å²) in [6.07, 6.45) is 2.74. The van der Waals surface area contributed by atoms with Crippen molar-refractivity contribution in [1.82, 2.24) is 0 Å². The number of anilines is 1. The van der Waals surface area contributed by atoms with Crippen LogP contribution in [0, 0.1) is 10.1 Å². The van der Waals surface area contributed by atoms with Gasteiger partial charge in [-0.2, -0.15) is 0 Å². The largest absolute Gasteiger partial charge is 0.388 e. The van der Waals surface area contributed by atoms with Gasteiger partial charge in [-0.05, 0) is 0 Å². The molecule has 0 spiro atoms. The molecule has 0 bridgehead atoms. The van der Waals surface area contributed by atoms with Gasteiger partial charge in [0.25, 0.3) is 6.20 Å². The third-order valence-corrected chi connectivity index (χ3v) is 1.35. The molecule has 0 aliphatic rings. The molecular formula is C6H8N3O3+. The van der Waals surface area contributed by atoms with Gasteiger partial charge < -0.3 is 5.73 Å². The highest BCUT2D eigenvalue weighted by atomic mass is 16.6. The minimum Gasteiger partial charge on any atom is -0.388 e. The van der Waals surface area contributed by atoms with Gasteiger partial charge >= 0.3 is 5.69 Å². The van der Waals surface area contributed by atoms with Crippen molar-refractivity contribution in [2.24, 2.45) is 0 Å². The average molecular weight is 170 g/mol. The zero-order chi connectivity index (χ0) is 9.14. The third kappa shape index (κ3) is 1.42. The van der Waals surface area contributed by atoms with E-state index in [9.17, 15) is 10.1 Å². The molecule has 0 saturated carbocycles. The summed E-state index contributed by atoms with van der Waals surface area (Å²) in [7, 11) is 1.44. The Labute approximate surface area is 68.3 Å². The van der Waals surface area contributed by atoms with E-state index < -0.39 is 4.92 Å². The number of hydrogen-bond acceptors (Lipinski definition) is 4. The van der Waals surface area contributed by atoms with E-state index in [0.29, 0.717) is 0 Å². The van der Waals surface area contributed by atoms with Crippen molar-refractivity contribution in [3.63, 3.8) is 0 Å². The molecular weight excluding hydrogens is 162 g/mol. The molecule has 0 saturated heterocycles. The van der Waals surface area contributed by atoms with E-state index in [1.807, 2.05) is 0 Å². The maximum atomic E-state index is 10.3. The lowest BCUT2D eigenvalue weighted by Gasteiger charge is -1.93. The molecule has 6 nitrogen and oxygen atoms in total. The minimum absolute atomic E-state index is 0.0735. The maximum absolute atomic E-state index is 10.3. The van der Waals surface area contributed by atoms with Crippen molar-refractivity contribution in [3.05, 3.63) is 28.6 Å². The summed E-state index contributed by atoms with van der Waals surface area (Å²) in [6.45, 7) is 0. The fraction of sp³-hybridized carbons (Fsp3) is 0.167. The number of hydrogen-bond donors (Lipinski definition) is 1. The van der Waals surface area contributed by atoms with Gasteiger partial charge in [-0.15, -0.1) is 0 Å². The van der Waals surface area contributed by atoms with E-state index in [2.05, 4.69) is 0 Å². The second kappa shape index (κ2) is 3.04. The number of rotatable bonds is 2. The Morgan fingerprint density at radius 1 is 1.75 bits per heavy atom. The van der Waals surface area contributed by atoms with E-state index in [-0.39, 0.29) is 11.4 Å². The highest BCUT2D eigenvalue weighted by Gasteiger charge is 2.15. The van der Waals surface area contributed by atoms with Crippen molar-refractivity contribution in [2.75, 3.05) is 12.8 Å². The first-order valence-corrected chi connectivity index (χ1v) is 3.15. The average Bonchev–Trinajstić information content (AvgIpc) is 2.03. The molecule has 0 atom stereocenters. The highest BCUT2D eigenvalue weighted by molar-refractivity contribution is 5.53. The van der Waals surface area contributed by atoms with Crippen molar-refractivity contribution >= 4 is 11.4 Å². The summed E-state index contributed by atoms with van der Waals surface area (Å²) >= 11 is 0. The normalized spacial score (nSPS) is 9.42. The lowest BCUT2D eigenvalue weighted by molar-refractivity contribution is -0.885. The zero-order valence-corrected chi connectivity index (χ0v) is 6.43. The van der Waals surface area contributed by atoms with Crippen molar-refractivity contribution in [1.29, 1.82) is 0 Å². The third-order valence-electron chi connectivity index (χ3n) is 1.35. The number of nitrogen functional groups attached to an aromatic ring is 1. The molecule has 1 aromatic heterocycles. The van der Waals surface area contributed by atoms with E-state index >= 15 is 0 Å². The van der Waals surface area contributed by atoms with E-state index in [4.69, 9.17) is 10.6 Å². The molecule has 0 aliphatic heterocycles. The zero-order valence-electron chi connectivity index (χ0n) is 6.43. The van der Waals surface area contributed by atoms with Gasteiger partial charge in [-0.25, -0.2) is 0 Å². The Bertz CT molecular complexity index is 313. The van der Waals surface area contributed by atoms with Crippen LogP contribution < -0.4 is 15.3 Å². The van der Waals surface area contributed by atoms with Crippen LogP contribution in [-0.4, -0.2) is 12.0 Å². The number of nitrogens with two attached hydrogens (primary N) is 1. The highest BCUT2D eigenvalue weighted by Crippen LogP contribution is 2.16. The Morgan fingerprint density at radius 3 is 2.83 bits per heavy atom. The van der Waals surface area contributed by atoms with Gasteiger partial charge in [-0.1, -0.05) is 0 Å². The van der Waals surface area contributed by atoms with Crippen LogP contribution in [0.3, 0.4) is 0 Å². The lowest BCUT2D eigenvalue weighted by atomic mass is 10.4. The summed E-state index contributed by atoms with van der Waals surface area (Å²) in [5, 5.41) is 10.3. The summed E-state index contributed by atoms with van der Waals surface area (Å²) in [5.74, 6) is 0. The standard InChI is InChI=1S/C6H8N3O3/c1-12-8-3-2-6(9(10)11)5(7)4-8/h2-4H,7H2,1H3/q+1. The predicted octanol–water partition coefficient (Wildman–Crippen LogP) is -0.477. The molecule has 0 radical (unpaired) electrons. The topological polar surface area (TPSA) is 82.3 Å². The van der Waals surface area contributed by atoms with Gasteiger partial charge in [0, 0.05) is 4.73 Å². The number of aromatic nitrogens is 1. The number of nitrogens with zero attached hydrogens (tertiary/aromatic N) is 2. The van der Waals surface area contributed by atoms with Crippen LogP contribution in [0.25, 0.3) is 0 Å². The molecule has 0 amide bonds. The van der Waals surface area contributed by atoms with Crippen molar-refractivity contribution < 1.29 is 14.5 Å². The molecule has 0 aromatic carbocycles. The van der Waals surface area contributed by atoms with Crippen LogP contribution in [-0.2, 0) is 0 Å². The molecule has 12 heavy (non-hydrogen) atoms. The molecule has 1 aromatic rings. The van der Waals surface area contributed by atoms with Crippen molar-refractivity contribution in [2.45, 2.75) is 0 Å². The second-order valence-electron chi connectivity index (χ2n) is 2.08. The summed E-state index contributed by atoms with van der Waals surface area (Å²) in [6, 6.07) is 1.28. The molecule has 64 valence electrons. The first-order valence-electron chi connectivity index (χ1n) is 3.15. The molecule has 1 heterocycles. The fourth-order valence-corrected chi connectivity index (χ4v) is 0.766. The monoisotopic (exact) mass is 170 g/mol. The van der Waals surface area contributed by atoms with E-state index in [1.54, 1.807) is 0 Å². The Kier molecular flexibility index (Phi) is 2.09. The lowest BCUT2D eigenvalue weighted by Crippen LogP contribution is -2.39. The van der Waals surface area contributed by atoms with E-state index in [1.165, 1.54) is 30.3 Å².